The Bertz CT molecular complexity index is 626. The standard InChI is InChI=1S/C13H7Cl3FNO/c14-8-5-4-7(6-10(8)16)18-13(19)12-9(15)2-1-3-11(12)17/h1-6H,(H,18,19). The molecule has 2 aromatic carbocycles. The van der Waals surface area contributed by atoms with Crippen molar-refractivity contribution in [1.29, 1.82) is 0 Å². The van der Waals surface area contributed by atoms with E-state index in [1.54, 1.807) is 6.07 Å². The van der Waals surface area contributed by atoms with Crippen LogP contribution in [0.15, 0.2) is 36.4 Å². The summed E-state index contributed by atoms with van der Waals surface area (Å²) in [6.45, 7) is 0. The van der Waals surface area contributed by atoms with Crippen LogP contribution in [0, 0.1) is 5.82 Å². The lowest BCUT2D eigenvalue weighted by atomic mass is 10.2. The van der Waals surface area contributed by atoms with Crippen molar-refractivity contribution in [3.05, 3.63) is 62.8 Å². The summed E-state index contributed by atoms with van der Waals surface area (Å²) in [5.41, 5.74) is 0.189. The topological polar surface area (TPSA) is 29.1 Å². The molecule has 0 saturated carbocycles. The molecule has 0 unspecified atom stereocenters. The third-order valence-corrected chi connectivity index (χ3v) is 3.42. The van der Waals surface area contributed by atoms with Gasteiger partial charge >= 0.3 is 0 Å². The van der Waals surface area contributed by atoms with Gasteiger partial charge in [0.1, 0.15) is 5.82 Å². The molecule has 2 nitrogen and oxygen atoms in total. The van der Waals surface area contributed by atoms with Gasteiger partial charge in [-0.15, -0.1) is 0 Å². The minimum atomic E-state index is -0.690. The number of carbonyl (C=O) groups excluding carboxylic acids is 1. The first-order chi connectivity index (χ1) is 8.99. The van der Waals surface area contributed by atoms with E-state index < -0.39 is 11.7 Å². The van der Waals surface area contributed by atoms with Crippen molar-refractivity contribution >= 4 is 46.4 Å². The van der Waals surface area contributed by atoms with Gasteiger partial charge in [0.2, 0.25) is 0 Å². The zero-order valence-electron chi connectivity index (χ0n) is 9.38. The molecule has 2 rings (SSSR count). The minimum Gasteiger partial charge on any atom is -0.322 e. The molecule has 1 amide bonds. The maximum Gasteiger partial charge on any atom is 0.260 e. The van der Waals surface area contributed by atoms with Gasteiger partial charge in [-0.05, 0) is 30.3 Å². The lowest BCUT2D eigenvalue weighted by Gasteiger charge is -2.08. The summed E-state index contributed by atoms with van der Waals surface area (Å²) >= 11 is 17.4. The van der Waals surface area contributed by atoms with Crippen LogP contribution >= 0.6 is 34.8 Å². The van der Waals surface area contributed by atoms with Gasteiger partial charge in [0.25, 0.3) is 5.91 Å². The van der Waals surface area contributed by atoms with Crippen LogP contribution in [0.1, 0.15) is 10.4 Å². The summed E-state index contributed by atoms with van der Waals surface area (Å²) in [7, 11) is 0. The molecule has 0 aliphatic heterocycles. The van der Waals surface area contributed by atoms with Crippen LogP contribution in [-0.4, -0.2) is 5.91 Å². The van der Waals surface area contributed by atoms with Gasteiger partial charge in [0, 0.05) is 5.69 Å². The van der Waals surface area contributed by atoms with Crippen molar-refractivity contribution in [2.24, 2.45) is 0 Å². The number of hydrogen-bond donors (Lipinski definition) is 1. The number of carbonyl (C=O) groups is 1. The largest absolute Gasteiger partial charge is 0.322 e. The lowest BCUT2D eigenvalue weighted by molar-refractivity contribution is 0.102. The predicted octanol–water partition coefficient (Wildman–Crippen LogP) is 5.04. The molecule has 19 heavy (non-hydrogen) atoms. The first-order valence-electron chi connectivity index (χ1n) is 5.19. The highest BCUT2D eigenvalue weighted by atomic mass is 35.5. The Kier molecular flexibility index (Phi) is 4.30. The molecule has 0 radical (unpaired) electrons. The fourth-order valence-electron chi connectivity index (χ4n) is 1.48. The molecule has 0 spiro atoms. The van der Waals surface area contributed by atoms with Crippen LogP contribution in [0.4, 0.5) is 10.1 Å². The highest BCUT2D eigenvalue weighted by Crippen LogP contribution is 2.26. The SMILES string of the molecule is O=C(Nc1ccc(Cl)c(Cl)c1)c1c(F)cccc1Cl. The molecule has 0 fully saturated rings. The van der Waals surface area contributed by atoms with Crippen LogP contribution in [0.5, 0.6) is 0 Å². The van der Waals surface area contributed by atoms with Crippen molar-refractivity contribution in [3.8, 4) is 0 Å². The average Bonchev–Trinajstić information content (AvgIpc) is 2.33. The van der Waals surface area contributed by atoms with Crippen molar-refractivity contribution < 1.29 is 9.18 Å². The van der Waals surface area contributed by atoms with Gasteiger partial charge in [-0.25, -0.2) is 4.39 Å². The average molecular weight is 319 g/mol. The molecule has 2 aromatic rings. The molecule has 0 atom stereocenters. The fraction of sp³-hybridized carbons (Fsp3) is 0. The number of benzene rings is 2. The highest BCUT2D eigenvalue weighted by molar-refractivity contribution is 6.42. The van der Waals surface area contributed by atoms with E-state index in [0.29, 0.717) is 15.7 Å². The van der Waals surface area contributed by atoms with Gasteiger partial charge < -0.3 is 5.32 Å². The Balaban J connectivity index is 2.28. The Morgan fingerprint density at radius 3 is 2.37 bits per heavy atom. The van der Waals surface area contributed by atoms with E-state index in [-0.39, 0.29) is 10.6 Å². The normalized spacial score (nSPS) is 10.3. The lowest BCUT2D eigenvalue weighted by Crippen LogP contribution is -2.14. The van der Waals surface area contributed by atoms with Gasteiger partial charge in [-0.2, -0.15) is 0 Å². The van der Waals surface area contributed by atoms with E-state index in [1.165, 1.54) is 24.3 Å². The first kappa shape index (κ1) is 14.1. The molecule has 0 aromatic heterocycles. The molecule has 6 heteroatoms. The number of amides is 1. The monoisotopic (exact) mass is 317 g/mol. The molecular formula is C13H7Cl3FNO. The zero-order valence-corrected chi connectivity index (χ0v) is 11.7. The van der Waals surface area contributed by atoms with Crippen LogP contribution in [0.2, 0.25) is 15.1 Å². The third kappa shape index (κ3) is 3.18. The molecule has 0 heterocycles. The Morgan fingerprint density at radius 2 is 1.74 bits per heavy atom. The van der Waals surface area contributed by atoms with Crippen molar-refractivity contribution in [2.75, 3.05) is 5.32 Å². The second kappa shape index (κ2) is 5.78. The summed E-state index contributed by atoms with van der Waals surface area (Å²) in [4.78, 5) is 11.9. The Labute approximate surface area is 124 Å². The molecule has 0 bridgehead atoms. The van der Waals surface area contributed by atoms with Crippen molar-refractivity contribution in [2.45, 2.75) is 0 Å². The van der Waals surface area contributed by atoms with Crippen LogP contribution < -0.4 is 5.32 Å². The van der Waals surface area contributed by atoms with Crippen LogP contribution in [-0.2, 0) is 0 Å². The number of anilines is 1. The van der Waals surface area contributed by atoms with Crippen molar-refractivity contribution in [3.63, 3.8) is 0 Å². The van der Waals surface area contributed by atoms with Gasteiger partial charge in [-0.1, -0.05) is 40.9 Å². The molecule has 98 valence electrons. The van der Waals surface area contributed by atoms with Crippen molar-refractivity contribution in [1.82, 2.24) is 0 Å². The van der Waals surface area contributed by atoms with E-state index in [4.69, 9.17) is 34.8 Å². The van der Waals surface area contributed by atoms with Gasteiger partial charge in [0.05, 0.1) is 20.6 Å². The first-order valence-corrected chi connectivity index (χ1v) is 6.33. The summed E-state index contributed by atoms with van der Waals surface area (Å²) in [6, 6.07) is 8.58. The summed E-state index contributed by atoms with van der Waals surface area (Å²) in [5.74, 6) is -1.34. The predicted molar refractivity (Wildman–Crippen MR) is 75.8 cm³/mol. The Hall–Kier alpha value is -1.29. The molecule has 0 aliphatic rings. The van der Waals surface area contributed by atoms with E-state index in [0.717, 1.165) is 6.07 Å². The van der Waals surface area contributed by atoms with E-state index >= 15 is 0 Å². The number of nitrogens with one attached hydrogen (secondary N) is 1. The maximum absolute atomic E-state index is 13.6. The summed E-state index contributed by atoms with van der Waals surface area (Å²) < 4.78 is 13.6. The second-order valence-corrected chi connectivity index (χ2v) is 4.90. The summed E-state index contributed by atoms with van der Waals surface area (Å²) in [5, 5.41) is 3.20. The minimum absolute atomic E-state index is 0.0394. The smallest absolute Gasteiger partial charge is 0.260 e. The van der Waals surface area contributed by atoms with Crippen LogP contribution in [0.25, 0.3) is 0 Å². The maximum atomic E-state index is 13.6. The van der Waals surface area contributed by atoms with Crippen LogP contribution in [0.3, 0.4) is 0 Å². The highest BCUT2D eigenvalue weighted by Gasteiger charge is 2.16. The summed E-state index contributed by atoms with van der Waals surface area (Å²) in [6.07, 6.45) is 0. The number of rotatable bonds is 2. The molecular weight excluding hydrogens is 312 g/mol. The fourth-order valence-corrected chi connectivity index (χ4v) is 2.03. The van der Waals surface area contributed by atoms with E-state index in [2.05, 4.69) is 5.32 Å². The quantitative estimate of drug-likeness (QED) is 0.826. The van der Waals surface area contributed by atoms with Gasteiger partial charge in [-0.3, -0.25) is 4.79 Å². The molecule has 1 N–H and O–H groups in total. The Morgan fingerprint density at radius 1 is 1.00 bits per heavy atom. The van der Waals surface area contributed by atoms with Gasteiger partial charge in [0.15, 0.2) is 0 Å². The molecule has 0 aliphatic carbocycles. The third-order valence-electron chi connectivity index (χ3n) is 2.37. The number of halogens is 4. The zero-order chi connectivity index (χ0) is 14.0. The van der Waals surface area contributed by atoms with E-state index in [1.807, 2.05) is 0 Å². The number of hydrogen-bond acceptors (Lipinski definition) is 1. The van der Waals surface area contributed by atoms with E-state index in [9.17, 15) is 9.18 Å². The second-order valence-electron chi connectivity index (χ2n) is 3.68. The molecule has 0 saturated heterocycles.